The molecule has 1 nitrogen and oxygen atoms in total. The van der Waals surface area contributed by atoms with E-state index in [1.54, 1.807) is 23.1 Å². The molecule has 0 fully saturated rings. The van der Waals surface area contributed by atoms with Gasteiger partial charge in [-0.1, -0.05) is 6.07 Å². The van der Waals surface area contributed by atoms with Crippen molar-refractivity contribution in [2.45, 2.75) is 4.90 Å². The molecule has 0 saturated heterocycles. The maximum atomic E-state index is 5.72. The highest BCUT2D eigenvalue weighted by Crippen LogP contribution is 2.33. The third-order valence-electron chi connectivity index (χ3n) is 1.76. The third-order valence-corrected chi connectivity index (χ3v) is 3.49. The molecule has 62 valence electrons. The molecule has 0 unspecified atom stereocenters. The average molecular weight is 195 g/mol. The maximum absolute atomic E-state index is 5.72. The fraction of sp³-hybridized carbons (Fsp3) is 0.111. The minimum Gasteiger partial charge on any atom is -0.391 e. The first-order valence-electron chi connectivity index (χ1n) is 3.63. The van der Waals surface area contributed by atoms with Crippen LogP contribution in [0.15, 0.2) is 29.2 Å². The Kier molecular flexibility index (Phi) is 1.98. The molecule has 0 amide bonds. The summed E-state index contributed by atoms with van der Waals surface area (Å²) in [4.78, 5) is 1.31. The fourth-order valence-corrected chi connectivity index (χ4v) is 2.76. The second-order valence-corrected chi connectivity index (χ2v) is 4.48. The van der Waals surface area contributed by atoms with Gasteiger partial charge in [-0.15, -0.1) is 23.1 Å². The van der Waals surface area contributed by atoms with Crippen LogP contribution in [-0.2, 0) is 0 Å². The molecule has 0 aliphatic rings. The number of nitrogens with two attached hydrogens (primary N) is 1. The molecule has 0 radical (unpaired) electrons. The largest absolute Gasteiger partial charge is 0.391 e. The van der Waals surface area contributed by atoms with E-state index in [9.17, 15) is 0 Å². The quantitative estimate of drug-likeness (QED) is 0.707. The first-order chi connectivity index (χ1) is 5.81. The molecule has 2 N–H and O–H groups in total. The summed E-state index contributed by atoms with van der Waals surface area (Å²) >= 11 is 3.41. The van der Waals surface area contributed by atoms with Crippen molar-refractivity contribution >= 4 is 38.2 Å². The predicted molar refractivity (Wildman–Crippen MR) is 58.0 cm³/mol. The van der Waals surface area contributed by atoms with Gasteiger partial charge >= 0.3 is 0 Å². The van der Waals surface area contributed by atoms with Gasteiger partial charge in [0.25, 0.3) is 0 Å². The minimum absolute atomic E-state index is 0.895. The molecule has 1 aromatic heterocycles. The Morgan fingerprint density at radius 3 is 3.00 bits per heavy atom. The number of hydrogen-bond acceptors (Lipinski definition) is 3. The first-order valence-corrected chi connectivity index (χ1v) is 5.67. The molecular weight excluding hydrogens is 186 g/mol. The molecule has 0 spiro atoms. The number of rotatable bonds is 1. The molecule has 0 saturated carbocycles. The molecule has 2 aromatic rings. The number of thioether (sulfide) groups is 1. The molecular formula is C9H9NS2. The Morgan fingerprint density at radius 2 is 2.25 bits per heavy atom. The molecule has 0 aliphatic heterocycles. The monoisotopic (exact) mass is 195 g/mol. The Hall–Kier alpha value is -0.670. The van der Waals surface area contributed by atoms with Crippen molar-refractivity contribution in [3.05, 3.63) is 24.3 Å². The number of benzene rings is 1. The molecule has 0 aliphatic carbocycles. The van der Waals surface area contributed by atoms with Crippen LogP contribution in [0.5, 0.6) is 0 Å². The van der Waals surface area contributed by atoms with E-state index in [0.29, 0.717) is 0 Å². The van der Waals surface area contributed by atoms with E-state index in [0.717, 1.165) is 5.00 Å². The Bertz CT molecular complexity index is 406. The van der Waals surface area contributed by atoms with Crippen LogP contribution in [0.3, 0.4) is 0 Å². The van der Waals surface area contributed by atoms with E-state index >= 15 is 0 Å². The van der Waals surface area contributed by atoms with Gasteiger partial charge in [-0.3, -0.25) is 0 Å². The van der Waals surface area contributed by atoms with Gasteiger partial charge < -0.3 is 5.73 Å². The third kappa shape index (κ3) is 1.19. The van der Waals surface area contributed by atoms with Gasteiger partial charge in [0.05, 0.1) is 5.00 Å². The zero-order chi connectivity index (χ0) is 8.55. The second kappa shape index (κ2) is 2.99. The van der Waals surface area contributed by atoms with E-state index in [-0.39, 0.29) is 0 Å². The Labute approximate surface area is 79.6 Å². The minimum atomic E-state index is 0.895. The Balaban J connectivity index is 2.78. The standard InChI is InChI=1S/C9H9NS2/c1-11-7-3-2-4-8-6(7)5-9(10)12-8/h2-5H,10H2,1H3. The van der Waals surface area contributed by atoms with Crippen molar-refractivity contribution in [1.82, 2.24) is 0 Å². The van der Waals surface area contributed by atoms with Crippen molar-refractivity contribution < 1.29 is 0 Å². The van der Waals surface area contributed by atoms with E-state index in [1.165, 1.54) is 15.0 Å². The zero-order valence-corrected chi connectivity index (χ0v) is 8.34. The fourth-order valence-electron chi connectivity index (χ4n) is 1.23. The number of thiophene rings is 1. The highest BCUT2D eigenvalue weighted by atomic mass is 32.2. The van der Waals surface area contributed by atoms with E-state index in [1.807, 2.05) is 6.07 Å². The van der Waals surface area contributed by atoms with Crippen molar-refractivity contribution in [3.8, 4) is 0 Å². The van der Waals surface area contributed by atoms with Crippen LogP contribution in [0, 0.1) is 0 Å². The summed E-state index contributed by atoms with van der Waals surface area (Å²) in [6.45, 7) is 0. The van der Waals surface area contributed by atoms with Crippen molar-refractivity contribution in [2.24, 2.45) is 0 Å². The van der Waals surface area contributed by atoms with Crippen LogP contribution in [0.25, 0.3) is 10.1 Å². The summed E-state index contributed by atoms with van der Waals surface area (Å²) in [5, 5.41) is 2.18. The maximum Gasteiger partial charge on any atom is 0.0869 e. The molecule has 1 heterocycles. The summed E-state index contributed by atoms with van der Waals surface area (Å²) < 4.78 is 1.28. The summed E-state index contributed by atoms with van der Waals surface area (Å²) in [6, 6.07) is 8.35. The zero-order valence-electron chi connectivity index (χ0n) is 6.70. The average Bonchev–Trinajstić information content (AvgIpc) is 2.44. The number of anilines is 1. The predicted octanol–water partition coefficient (Wildman–Crippen LogP) is 3.21. The van der Waals surface area contributed by atoms with Gasteiger partial charge in [-0.25, -0.2) is 0 Å². The van der Waals surface area contributed by atoms with Crippen molar-refractivity contribution in [2.75, 3.05) is 12.0 Å². The topological polar surface area (TPSA) is 26.0 Å². The van der Waals surface area contributed by atoms with Gasteiger partial charge in [0.15, 0.2) is 0 Å². The molecule has 12 heavy (non-hydrogen) atoms. The molecule has 2 rings (SSSR count). The van der Waals surface area contributed by atoms with Crippen LogP contribution < -0.4 is 5.73 Å². The highest BCUT2D eigenvalue weighted by molar-refractivity contribution is 7.98. The first kappa shape index (κ1) is 7.95. The van der Waals surface area contributed by atoms with Gasteiger partial charge in [0.1, 0.15) is 0 Å². The number of nitrogen functional groups attached to an aromatic ring is 1. The molecule has 3 heteroatoms. The van der Waals surface area contributed by atoms with Crippen LogP contribution >= 0.6 is 23.1 Å². The smallest absolute Gasteiger partial charge is 0.0869 e. The molecule has 0 bridgehead atoms. The van der Waals surface area contributed by atoms with Crippen LogP contribution in [0.2, 0.25) is 0 Å². The molecule has 0 atom stereocenters. The molecule has 1 aromatic carbocycles. The number of fused-ring (bicyclic) bond motifs is 1. The van der Waals surface area contributed by atoms with E-state index in [2.05, 4.69) is 24.5 Å². The van der Waals surface area contributed by atoms with Gasteiger partial charge in [0.2, 0.25) is 0 Å². The number of hydrogen-bond donors (Lipinski definition) is 1. The lowest BCUT2D eigenvalue weighted by Gasteiger charge is -1.95. The van der Waals surface area contributed by atoms with Crippen LogP contribution in [-0.4, -0.2) is 6.26 Å². The van der Waals surface area contributed by atoms with E-state index in [4.69, 9.17) is 5.73 Å². The van der Waals surface area contributed by atoms with Crippen molar-refractivity contribution in [3.63, 3.8) is 0 Å². The lowest BCUT2D eigenvalue weighted by molar-refractivity contribution is 1.58. The van der Waals surface area contributed by atoms with Crippen LogP contribution in [0.1, 0.15) is 0 Å². The summed E-state index contributed by atoms with van der Waals surface area (Å²) in [7, 11) is 0. The summed E-state index contributed by atoms with van der Waals surface area (Å²) in [5.41, 5.74) is 5.72. The normalized spacial score (nSPS) is 10.8. The highest BCUT2D eigenvalue weighted by Gasteiger charge is 2.02. The van der Waals surface area contributed by atoms with Crippen molar-refractivity contribution in [1.29, 1.82) is 0 Å². The second-order valence-electron chi connectivity index (χ2n) is 2.52. The lowest BCUT2D eigenvalue weighted by atomic mass is 10.3. The van der Waals surface area contributed by atoms with Gasteiger partial charge in [0, 0.05) is 15.0 Å². The lowest BCUT2D eigenvalue weighted by Crippen LogP contribution is -1.73. The summed E-state index contributed by atoms with van der Waals surface area (Å²) in [6.07, 6.45) is 2.09. The van der Waals surface area contributed by atoms with Gasteiger partial charge in [-0.2, -0.15) is 0 Å². The Morgan fingerprint density at radius 1 is 1.42 bits per heavy atom. The van der Waals surface area contributed by atoms with E-state index < -0.39 is 0 Å². The van der Waals surface area contributed by atoms with Gasteiger partial charge in [-0.05, 0) is 24.5 Å². The summed E-state index contributed by atoms with van der Waals surface area (Å²) in [5.74, 6) is 0. The van der Waals surface area contributed by atoms with Crippen LogP contribution in [0.4, 0.5) is 5.00 Å². The SMILES string of the molecule is CSc1cccc2sc(N)cc12.